The predicted molar refractivity (Wildman–Crippen MR) is 67.5 cm³/mol. The van der Waals surface area contributed by atoms with Crippen LogP contribution in [0.25, 0.3) is 5.65 Å². The molecule has 0 fully saturated rings. The lowest BCUT2D eigenvalue weighted by molar-refractivity contribution is -0.120. The number of aromatic nitrogens is 3. The number of anilines is 1. The van der Waals surface area contributed by atoms with Gasteiger partial charge in [-0.05, 0) is 25.0 Å². The number of pyridine rings is 1. The van der Waals surface area contributed by atoms with Crippen LogP contribution in [0.5, 0.6) is 0 Å². The van der Waals surface area contributed by atoms with Crippen LogP contribution in [0, 0.1) is 6.92 Å². The van der Waals surface area contributed by atoms with E-state index in [0.29, 0.717) is 17.9 Å². The molecule has 0 saturated heterocycles. The SMILES string of the molecule is CCCOCC(=O)Nc1c(C)ccn2ncnc12. The predicted octanol–water partition coefficient (Wildman–Crippen LogP) is 1.40. The third kappa shape index (κ3) is 2.65. The third-order valence-corrected chi connectivity index (χ3v) is 2.50. The molecule has 0 aliphatic heterocycles. The van der Waals surface area contributed by atoms with E-state index in [1.807, 2.05) is 19.9 Å². The molecule has 0 bridgehead atoms. The number of nitrogens with zero attached hydrogens (tertiary/aromatic N) is 3. The molecular formula is C12H16N4O2. The van der Waals surface area contributed by atoms with Crippen molar-refractivity contribution in [2.24, 2.45) is 0 Å². The van der Waals surface area contributed by atoms with E-state index in [0.717, 1.165) is 12.0 Å². The molecule has 0 aromatic carbocycles. The van der Waals surface area contributed by atoms with E-state index < -0.39 is 0 Å². The van der Waals surface area contributed by atoms with Gasteiger partial charge in [-0.1, -0.05) is 6.92 Å². The number of ether oxygens (including phenoxy) is 1. The monoisotopic (exact) mass is 248 g/mol. The van der Waals surface area contributed by atoms with Gasteiger partial charge in [0, 0.05) is 12.8 Å². The van der Waals surface area contributed by atoms with Gasteiger partial charge in [0.1, 0.15) is 12.9 Å². The van der Waals surface area contributed by atoms with Crippen LogP contribution < -0.4 is 5.32 Å². The van der Waals surface area contributed by atoms with E-state index in [9.17, 15) is 4.79 Å². The van der Waals surface area contributed by atoms with Crippen LogP contribution >= 0.6 is 0 Å². The number of nitrogens with one attached hydrogen (secondary N) is 1. The number of hydrogen-bond donors (Lipinski definition) is 1. The van der Waals surface area contributed by atoms with Crippen LogP contribution in [0.15, 0.2) is 18.6 Å². The largest absolute Gasteiger partial charge is 0.372 e. The Bertz CT molecular complexity index is 550. The highest BCUT2D eigenvalue weighted by Crippen LogP contribution is 2.19. The average molecular weight is 248 g/mol. The third-order valence-electron chi connectivity index (χ3n) is 2.50. The van der Waals surface area contributed by atoms with Gasteiger partial charge in [-0.2, -0.15) is 5.10 Å². The van der Waals surface area contributed by atoms with Crippen molar-refractivity contribution in [2.75, 3.05) is 18.5 Å². The molecule has 0 saturated carbocycles. The van der Waals surface area contributed by atoms with Gasteiger partial charge in [0.15, 0.2) is 5.65 Å². The molecule has 0 unspecified atom stereocenters. The summed E-state index contributed by atoms with van der Waals surface area (Å²) in [6, 6.07) is 1.88. The van der Waals surface area contributed by atoms with Crippen molar-refractivity contribution in [1.29, 1.82) is 0 Å². The maximum absolute atomic E-state index is 11.7. The highest BCUT2D eigenvalue weighted by molar-refractivity contribution is 5.96. The first kappa shape index (κ1) is 12.5. The fourth-order valence-electron chi connectivity index (χ4n) is 1.62. The zero-order chi connectivity index (χ0) is 13.0. The smallest absolute Gasteiger partial charge is 0.250 e. The van der Waals surface area contributed by atoms with Crippen LogP contribution in [0.4, 0.5) is 5.69 Å². The van der Waals surface area contributed by atoms with Crippen LogP contribution in [0.3, 0.4) is 0 Å². The zero-order valence-corrected chi connectivity index (χ0v) is 10.5. The van der Waals surface area contributed by atoms with E-state index in [-0.39, 0.29) is 12.5 Å². The Kier molecular flexibility index (Phi) is 3.88. The first-order chi connectivity index (χ1) is 8.72. The Morgan fingerprint density at radius 1 is 1.56 bits per heavy atom. The van der Waals surface area contributed by atoms with Crippen molar-refractivity contribution >= 4 is 17.2 Å². The highest BCUT2D eigenvalue weighted by Gasteiger charge is 2.10. The van der Waals surface area contributed by atoms with Crippen LogP contribution in [-0.4, -0.2) is 33.7 Å². The molecule has 0 aliphatic carbocycles. The summed E-state index contributed by atoms with van der Waals surface area (Å²) in [5.74, 6) is -0.178. The maximum Gasteiger partial charge on any atom is 0.250 e. The Morgan fingerprint density at radius 2 is 2.39 bits per heavy atom. The molecule has 2 aromatic heterocycles. The number of hydrogen-bond acceptors (Lipinski definition) is 4. The minimum atomic E-state index is -0.178. The van der Waals surface area contributed by atoms with Gasteiger partial charge in [-0.3, -0.25) is 4.79 Å². The van der Waals surface area contributed by atoms with E-state index in [4.69, 9.17) is 4.74 Å². The molecule has 6 heteroatoms. The number of aryl methyl sites for hydroxylation is 1. The lowest BCUT2D eigenvalue weighted by Gasteiger charge is -2.09. The van der Waals surface area contributed by atoms with Crippen LogP contribution in [-0.2, 0) is 9.53 Å². The second kappa shape index (κ2) is 5.59. The summed E-state index contributed by atoms with van der Waals surface area (Å²) in [5, 5.41) is 6.84. The summed E-state index contributed by atoms with van der Waals surface area (Å²) in [5.41, 5.74) is 2.26. The molecule has 2 rings (SSSR count). The van der Waals surface area contributed by atoms with Gasteiger partial charge in [0.2, 0.25) is 5.91 Å². The second-order valence-electron chi connectivity index (χ2n) is 4.00. The van der Waals surface area contributed by atoms with Crippen molar-refractivity contribution in [3.05, 3.63) is 24.2 Å². The molecule has 0 atom stereocenters. The molecule has 2 heterocycles. The number of rotatable bonds is 5. The standard InChI is InChI=1S/C12H16N4O2/c1-3-6-18-7-10(17)15-11-9(2)4-5-16-12(11)13-8-14-16/h4-5,8H,3,6-7H2,1-2H3,(H,15,17). The second-order valence-corrected chi connectivity index (χ2v) is 4.00. The maximum atomic E-state index is 11.7. The number of amides is 1. The molecule has 1 amide bonds. The molecule has 0 aliphatic rings. The summed E-state index contributed by atoms with van der Waals surface area (Å²) >= 11 is 0. The number of carbonyl (C=O) groups excluding carboxylic acids is 1. The first-order valence-electron chi connectivity index (χ1n) is 5.89. The summed E-state index contributed by atoms with van der Waals surface area (Å²) in [4.78, 5) is 15.8. The number of fused-ring (bicyclic) bond motifs is 1. The average Bonchev–Trinajstić information content (AvgIpc) is 2.82. The Hall–Kier alpha value is -1.95. The minimum Gasteiger partial charge on any atom is -0.372 e. The lowest BCUT2D eigenvalue weighted by atomic mass is 10.2. The first-order valence-corrected chi connectivity index (χ1v) is 5.89. The van der Waals surface area contributed by atoms with Gasteiger partial charge >= 0.3 is 0 Å². The quantitative estimate of drug-likeness (QED) is 0.812. The topological polar surface area (TPSA) is 68.5 Å². The molecule has 18 heavy (non-hydrogen) atoms. The molecular weight excluding hydrogens is 232 g/mol. The Balaban J connectivity index is 2.13. The summed E-state index contributed by atoms with van der Waals surface area (Å²) in [7, 11) is 0. The summed E-state index contributed by atoms with van der Waals surface area (Å²) in [6.45, 7) is 4.56. The highest BCUT2D eigenvalue weighted by atomic mass is 16.5. The van der Waals surface area contributed by atoms with Gasteiger partial charge in [-0.25, -0.2) is 9.50 Å². The lowest BCUT2D eigenvalue weighted by Crippen LogP contribution is -2.19. The van der Waals surface area contributed by atoms with Crippen LogP contribution in [0.1, 0.15) is 18.9 Å². The van der Waals surface area contributed by atoms with E-state index in [1.54, 1.807) is 10.7 Å². The van der Waals surface area contributed by atoms with Crippen LogP contribution in [0.2, 0.25) is 0 Å². The fraction of sp³-hybridized carbons (Fsp3) is 0.417. The zero-order valence-electron chi connectivity index (χ0n) is 10.5. The fourth-order valence-corrected chi connectivity index (χ4v) is 1.62. The van der Waals surface area contributed by atoms with Crippen molar-refractivity contribution in [3.8, 4) is 0 Å². The summed E-state index contributed by atoms with van der Waals surface area (Å²) in [6.07, 6.45) is 4.16. The number of carbonyl (C=O) groups is 1. The normalized spacial score (nSPS) is 10.8. The van der Waals surface area contributed by atoms with Gasteiger partial charge in [0.05, 0.1) is 5.69 Å². The van der Waals surface area contributed by atoms with Gasteiger partial charge in [0.25, 0.3) is 0 Å². The van der Waals surface area contributed by atoms with Gasteiger partial charge in [-0.15, -0.1) is 0 Å². The van der Waals surface area contributed by atoms with Crippen molar-refractivity contribution < 1.29 is 9.53 Å². The van der Waals surface area contributed by atoms with E-state index in [1.165, 1.54) is 6.33 Å². The molecule has 6 nitrogen and oxygen atoms in total. The van der Waals surface area contributed by atoms with Crippen molar-refractivity contribution in [1.82, 2.24) is 14.6 Å². The van der Waals surface area contributed by atoms with Crippen molar-refractivity contribution in [2.45, 2.75) is 20.3 Å². The molecule has 2 aromatic rings. The van der Waals surface area contributed by atoms with Crippen molar-refractivity contribution in [3.63, 3.8) is 0 Å². The molecule has 0 radical (unpaired) electrons. The van der Waals surface area contributed by atoms with E-state index in [2.05, 4.69) is 15.4 Å². The van der Waals surface area contributed by atoms with E-state index >= 15 is 0 Å². The summed E-state index contributed by atoms with van der Waals surface area (Å²) < 4.78 is 6.82. The molecule has 0 spiro atoms. The minimum absolute atomic E-state index is 0.0580. The Labute approximate surface area is 105 Å². The molecule has 1 N–H and O–H groups in total. The molecule has 96 valence electrons. The Morgan fingerprint density at radius 3 is 3.17 bits per heavy atom. The van der Waals surface area contributed by atoms with Gasteiger partial charge < -0.3 is 10.1 Å².